The number of aromatic nitrogens is 1. The molecule has 0 bridgehead atoms. The third-order valence-corrected chi connectivity index (χ3v) is 8.27. The topological polar surface area (TPSA) is 60.9 Å². The fourth-order valence-electron chi connectivity index (χ4n) is 6.08. The highest BCUT2D eigenvalue weighted by molar-refractivity contribution is 6.00. The van der Waals surface area contributed by atoms with E-state index in [0.717, 1.165) is 41.5 Å². The lowest BCUT2D eigenvalue weighted by Gasteiger charge is -2.40. The maximum atomic E-state index is 14.0. The molecular formula is C28H36F3N5O2. The van der Waals surface area contributed by atoms with E-state index in [1.54, 1.807) is 20.2 Å². The zero-order chi connectivity index (χ0) is 26.9. The van der Waals surface area contributed by atoms with Crippen LogP contribution in [0.2, 0.25) is 0 Å². The predicted octanol–water partition coefficient (Wildman–Crippen LogP) is 5.34. The molecule has 2 aliphatic heterocycles. The van der Waals surface area contributed by atoms with Crippen LogP contribution in [0, 0.1) is 5.92 Å². The van der Waals surface area contributed by atoms with Gasteiger partial charge in [-0.3, -0.25) is 9.69 Å². The summed E-state index contributed by atoms with van der Waals surface area (Å²) in [5.41, 5.74) is 3.58. The van der Waals surface area contributed by atoms with Gasteiger partial charge >= 0.3 is 6.18 Å². The van der Waals surface area contributed by atoms with Crippen LogP contribution in [-0.2, 0) is 16.1 Å². The number of pyridine rings is 1. The lowest BCUT2D eigenvalue weighted by atomic mass is 9.83. The third-order valence-electron chi connectivity index (χ3n) is 8.27. The largest absolute Gasteiger partial charge is 0.404 e. The number of carbonyl (C=O) groups excluding carboxylic acids is 1. The Balaban J connectivity index is 1.37. The fourth-order valence-corrected chi connectivity index (χ4v) is 6.08. The molecule has 1 aromatic heterocycles. The van der Waals surface area contributed by atoms with E-state index in [1.807, 2.05) is 23.1 Å². The Labute approximate surface area is 221 Å². The van der Waals surface area contributed by atoms with Crippen LogP contribution in [0.5, 0.6) is 0 Å². The normalized spacial score (nSPS) is 22.8. The van der Waals surface area contributed by atoms with E-state index < -0.39 is 12.2 Å². The number of hydrogen-bond acceptors (Lipinski definition) is 6. The van der Waals surface area contributed by atoms with Crippen molar-refractivity contribution in [1.29, 1.82) is 0 Å². The average Bonchev–Trinajstić information content (AvgIpc) is 3.09. The van der Waals surface area contributed by atoms with Gasteiger partial charge in [-0.15, -0.1) is 0 Å². The first-order valence-corrected chi connectivity index (χ1v) is 13.5. The first-order chi connectivity index (χ1) is 18.3. The van der Waals surface area contributed by atoms with Crippen LogP contribution in [-0.4, -0.2) is 67.4 Å². The second kappa shape index (κ2) is 11.1. The van der Waals surface area contributed by atoms with Gasteiger partial charge < -0.3 is 19.9 Å². The number of alkyl halides is 3. The van der Waals surface area contributed by atoms with Crippen molar-refractivity contribution in [2.75, 3.05) is 48.5 Å². The Morgan fingerprint density at radius 3 is 2.61 bits per heavy atom. The second-order valence-electron chi connectivity index (χ2n) is 10.5. The smallest absolute Gasteiger partial charge is 0.378 e. The molecule has 1 unspecified atom stereocenters. The van der Waals surface area contributed by atoms with Gasteiger partial charge in [0.15, 0.2) is 0 Å². The number of carbonyl (C=O) groups is 1. The number of morpholine rings is 1. The van der Waals surface area contributed by atoms with Gasteiger partial charge in [0, 0.05) is 42.5 Å². The Morgan fingerprint density at radius 1 is 1.18 bits per heavy atom. The van der Waals surface area contributed by atoms with Crippen molar-refractivity contribution in [2.45, 2.75) is 63.8 Å². The number of ether oxygens (including phenoxy) is 1. The van der Waals surface area contributed by atoms with Gasteiger partial charge in [-0.1, -0.05) is 13.0 Å². The molecule has 1 saturated heterocycles. The van der Waals surface area contributed by atoms with Crippen molar-refractivity contribution in [3.63, 3.8) is 0 Å². The zero-order valence-electron chi connectivity index (χ0n) is 22.0. The lowest BCUT2D eigenvalue weighted by molar-refractivity contribution is -0.188. The van der Waals surface area contributed by atoms with Crippen LogP contribution in [0.1, 0.15) is 44.6 Å². The van der Waals surface area contributed by atoms with Crippen LogP contribution in [0.15, 0.2) is 36.5 Å². The summed E-state index contributed by atoms with van der Waals surface area (Å²) in [7, 11) is 1.57. The molecule has 1 saturated carbocycles. The van der Waals surface area contributed by atoms with Gasteiger partial charge in [0.05, 0.1) is 31.1 Å². The van der Waals surface area contributed by atoms with E-state index in [2.05, 4.69) is 27.3 Å². The minimum Gasteiger partial charge on any atom is -0.378 e. The average molecular weight is 532 g/mol. The maximum Gasteiger partial charge on any atom is 0.404 e. The molecule has 3 aliphatic rings. The minimum atomic E-state index is -4.25. The number of benzene rings is 1. The zero-order valence-corrected chi connectivity index (χ0v) is 22.0. The molecule has 5 rings (SSSR count). The van der Waals surface area contributed by atoms with Gasteiger partial charge in [-0.2, -0.15) is 13.2 Å². The van der Waals surface area contributed by atoms with Crippen LogP contribution in [0.25, 0.3) is 0 Å². The summed E-state index contributed by atoms with van der Waals surface area (Å²) in [6.07, 6.45) is -0.203. The number of fused-ring (bicyclic) bond motifs is 2. The number of nitrogens with zero attached hydrogens (tertiary/aromatic N) is 4. The summed E-state index contributed by atoms with van der Waals surface area (Å²) >= 11 is 0. The highest BCUT2D eigenvalue weighted by atomic mass is 19.4. The highest BCUT2D eigenvalue weighted by Gasteiger charge is 2.44. The van der Waals surface area contributed by atoms with E-state index in [1.165, 1.54) is 4.90 Å². The quantitative estimate of drug-likeness (QED) is 0.562. The first kappa shape index (κ1) is 26.7. The van der Waals surface area contributed by atoms with Crippen molar-refractivity contribution in [3.8, 4) is 0 Å². The molecule has 10 heteroatoms. The van der Waals surface area contributed by atoms with Crippen molar-refractivity contribution < 1.29 is 22.7 Å². The molecule has 38 heavy (non-hydrogen) atoms. The highest BCUT2D eigenvalue weighted by Crippen LogP contribution is 2.40. The molecule has 206 valence electrons. The standard InChI is InChI=1S/C28H36F3N5O2/c1-3-25(28(29,30)31)34(2)21-8-6-19(7-9-21)27(37)36-18-20-5-4-12-32-26(20)33-23-11-10-22(17-24(23)36)35-13-15-38-16-14-35/h4-5,10-12,17,19,21,25H,3,6-9,13-16,18H2,1-2H3,(H,32,33). The van der Waals surface area contributed by atoms with E-state index in [4.69, 9.17) is 4.74 Å². The van der Waals surface area contributed by atoms with Crippen LogP contribution < -0.4 is 15.1 Å². The number of halogens is 3. The monoisotopic (exact) mass is 531 g/mol. The van der Waals surface area contributed by atoms with E-state index in [0.29, 0.717) is 45.4 Å². The molecule has 1 amide bonds. The molecule has 1 aliphatic carbocycles. The van der Waals surface area contributed by atoms with Gasteiger partial charge in [0.25, 0.3) is 0 Å². The first-order valence-electron chi connectivity index (χ1n) is 13.5. The van der Waals surface area contributed by atoms with Gasteiger partial charge in [0.1, 0.15) is 11.9 Å². The summed E-state index contributed by atoms with van der Waals surface area (Å²) in [4.78, 5) is 24.1. The van der Waals surface area contributed by atoms with E-state index >= 15 is 0 Å². The molecule has 1 N–H and O–H groups in total. The Bertz CT molecular complexity index is 1130. The predicted molar refractivity (Wildman–Crippen MR) is 142 cm³/mol. The molecule has 1 aromatic carbocycles. The SMILES string of the molecule is CCC(N(C)C1CCC(C(=O)N2Cc3cccnc3Nc3ccc(N4CCOCC4)cc32)CC1)C(F)(F)F. The summed E-state index contributed by atoms with van der Waals surface area (Å²) in [6.45, 7) is 4.87. The molecule has 3 heterocycles. The van der Waals surface area contributed by atoms with Gasteiger partial charge in [0.2, 0.25) is 5.91 Å². The Morgan fingerprint density at radius 2 is 1.92 bits per heavy atom. The van der Waals surface area contributed by atoms with Crippen LogP contribution >= 0.6 is 0 Å². The van der Waals surface area contributed by atoms with E-state index in [-0.39, 0.29) is 24.3 Å². The second-order valence-corrected chi connectivity index (χ2v) is 10.5. The van der Waals surface area contributed by atoms with Crippen molar-refractivity contribution in [1.82, 2.24) is 9.88 Å². The summed E-state index contributed by atoms with van der Waals surface area (Å²) in [5, 5.41) is 3.41. The molecular weight excluding hydrogens is 495 g/mol. The maximum absolute atomic E-state index is 14.0. The number of hydrogen-bond donors (Lipinski definition) is 1. The minimum absolute atomic E-state index is 0.0212. The molecule has 0 radical (unpaired) electrons. The van der Waals surface area contributed by atoms with Crippen molar-refractivity contribution in [3.05, 3.63) is 42.1 Å². The van der Waals surface area contributed by atoms with Gasteiger partial charge in [-0.25, -0.2) is 4.98 Å². The molecule has 1 atom stereocenters. The number of rotatable bonds is 5. The summed E-state index contributed by atoms with van der Waals surface area (Å²) in [6, 6.07) is 8.32. The fraction of sp³-hybridized carbons (Fsp3) is 0.571. The number of anilines is 4. The molecule has 2 aromatic rings. The third kappa shape index (κ3) is 5.47. The van der Waals surface area contributed by atoms with Crippen LogP contribution in [0.3, 0.4) is 0 Å². The van der Waals surface area contributed by atoms with Crippen molar-refractivity contribution >= 4 is 28.8 Å². The van der Waals surface area contributed by atoms with Crippen LogP contribution in [0.4, 0.5) is 36.1 Å². The summed E-state index contributed by atoms with van der Waals surface area (Å²) in [5.74, 6) is 0.517. The summed E-state index contributed by atoms with van der Waals surface area (Å²) < 4.78 is 46.1. The lowest BCUT2D eigenvalue weighted by Crippen LogP contribution is -2.50. The molecule has 2 fully saturated rings. The molecule has 0 spiro atoms. The number of nitrogens with one attached hydrogen (secondary N) is 1. The Hall–Kier alpha value is -2.85. The van der Waals surface area contributed by atoms with Crippen molar-refractivity contribution in [2.24, 2.45) is 5.92 Å². The Kier molecular flexibility index (Phi) is 7.81. The molecule has 7 nitrogen and oxygen atoms in total. The number of amides is 1. The van der Waals surface area contributed by atoms with Gasteiger partial charge in [-0.05, 0) is 63.4 Å². The van der Waals surface area contributed by atoms with E-state index in [9.17, 15) is 18.0 Å².